The van der Waals surface area contributed by atoms with Crippen molar-refractivity contribution in [2.24, 2.45) is 5.73 Å². The van der Waals surface area contributed by atoms with E-state index in [1.54, 1.807) is 0 Å². The minimum Gasteiger partial charge on any atom is -0.368 e. The molecule has 14 heavy (non-hydrogen) atoms. The molecule has 0 bridgehead atoms. The second-order valence-corrected chi connectivity index (χ2v) is 4.01. The highest BCUT2D eigenvalue weighted by Gasteiger charge is 2.12. The minimum absolute atomic E-state index is 0.111. The second-order valence-electron chi connectivity index (χ2n) is 4.01. The lowest BCUT2D eigenvalue weighted by Gasteiger charge is -2.20. The molecular formula is C8H16N6. The van der Waals surface area contributed by atoms with E-state index >= 15 is 0 Å². The molecule has 1 rings (SSSR count). The Hall–Kier alpha value is -1.43. The fourth-order valence-corrected chi connectivity index (χ4v) is 0.921. The monoisotopic (exact) mass is 196 g/mol. The summed E-state index contributed by atoms with van der Waals surface area (Å²) in [6.45, 7) is 6.28. The van der Waals surface area contributed by atoms with Crippen LogP contribution in [0.15, 0.2) is 0 Å². The van der Waals surface area contributed by atoms with Crippen LogP contribution in [-0.4, -0.2) is 20.5 Å². The molecule has 0 unspecified atom stereocenters. The average Bonchev–Trinajstić information content (AvgIpc) is 1.99. The van der Waals surface area contributed by atoms with Gasteiger partial charge in [0.05, 0.1) is 6.54 Å². The van der Waals surface area contributed by atoms with Crippen LogP contribution < -0.4 is 16.8 Å². The summed E-state index contributed by atoms with van der Waals surface area (Å²) in [6.07, 6.45) is 0. The largest absolute Gasteiger partial charge is 0.368 e. The van der Waals surface area contributed by atoms with Gasteiger partial charge in [0.2, 0.25) is 11.9 Å². The highest BCUT2D eigenvalue weighted by Crippen LogP contribution is 2.10. The third-order valence-corrected chi connectivity index (χ3v) is 1.37. The number of nitrogens with two attached hydrogens (primary N) is 2. The van der Waals surface area contributed by atoms with E-state index < -0.39 is 0 Å². The van der Waals surface area contributed by atoms with Gasteiger partial charge in [0.1, 0.15) is 5.82 Å². The number of nitrogen functional groups attached to an aromatic ring is 1. The van der Waals surface area contributed by atoms with E-state index in [-0.39, 0.29) is 18.0 Å². The molecular weight excluding hydrogens is 180 g/mol. The quantitative estimate of drug-likeness (QED) is 0.621. The van der Waals surface area contributed by atoms with Gasteiger partial charge < -0.3 is 16.8 Å². The van der Waals surface area contributed by atoms with Crippen molar-refractivity contribution in [2.45, 2.75) is 32.9 Å². The smallest absolute Gasteiger partial charge is 0.228 e. The van der Waals surface area contributed by atoms with Crippen molar-refractivity contribution in [3.05, 3.63) is 5.82 Å². The van der Waals surface area contributed by atoms with Gasteiger partial charge in [-0.1, -0.05) is 0 Å². The van der Waals surface area contributed by atoms with Crippen molar-refractivity contribution < 1.29 is 0 Å². The van der Waals surface area contributed by atoms with Crippen LogP contribution in [0.4, 0.5) is 11.9 Å². The zero-order valence-electron chi connectivity index (χ0n) is 8.70. The fraction of sp³-hybridized carbons (Fsp3) is 0.625. The summed E-state index contributed by atoms with van der Waals surface area (Å²) in [7, 11) is 0. The predicted molar refractivity (Wildman–Crippen MR) is 55.5 cm³/mol. The van der Waals surface area contributed by atoms with Crippen molar-refractivity contribution in [1.82, 2.24) is 15.0 Å². The maximum absolute atomic E-state index is 5.50. The van der Waals surface area contributed by atoms with Gasteiger partial charge in [0, 0.05) is 5.54 Å². The Kier molecular flexibility index (Phi) is 2.85. The molecule has 1 aromatic rings. The molecule has 6 nitrogen and oxygen atoms in total. The number of anilines is 2. The summed E-state index contributed by atoms with van der Waals surface area (Å²) in [5, 5.41) is 3.10. The molecule has 0 spiro atoms. The zero-order chi connectivity index (χ0) is 10.8. The maximum Gasteiger partial charge on any atom is 0.228 e. The molecule has 0 radical (unpaired) electrons. The van der Waals surface area contributed by atoms with E-state index in [1.165, 1.54) is 0 Å². The Balaban J connectivity index is 2.92. The first kappa shape index (κ1) is 10.6. The van der Waals surface area contributed by atoms with Crippen molar-refractivity contribution in [3.63, 3.8) is 0 Å². The fourth-order valence-electron chi connectivity index (χ4n) is 0.921. The molecule has 0 aromatic carbocycles. The lowest BCUT2D eigenvalue weighted by molar-refractivity contribution is 0.623. The van der Waals surface area contributed by atoms with Crippen molar-refractivity contribution >= 4 is 11.9 Å². The van der Waals surface area contributed by atoms with Gasteiger partial charge in [-0.05, 0) is 20.8 Å². The zero-order valence-corrected chi connectivity index (χ0v) is 8.70. The van der Waals surface area contributed by atoms with Gasteiger partial charge in [-0.3, -0.25) is 0 Å². The Labute approximate surface area is 83.1 Å². The molecule has 0 aliphatic carbocycles. The minimum atomic E-state index is -0.111. The van der Waals surface area contributed by atoms with Gasteiger partial charge in [-0.2, -0.15) is 15.0 Å². The number of nitrogens with zero attached hydrogens (tertiary/aromatic N) is 3. The van der Waals surface area contributed by atoms with Crippen molar-refractivity contribution in [1.29, 1.82) is 0 Å². The van der Waals surface area contributed by atoms with E-state index in [9.17, 15) is 0 Å². The summed E-state index contributed by atoms with van der Waals surface area (Å²) in [5.74, 6) is 1.14. The lowest BCUT2D eigenvalue weighted by Crippen LogP contribution is -2.28. The summed E-state index contributed by atoms with van der Waals surface area (Å²) in [6, 6.07) is 0. The lowest BCUT2D eigenvalue weighted by atomic mass is 10.1. The van der Waals surface area contributed by atoms with E-state index in [1.807, 2.05) is 20.8 Å². The van der Waals surface area contributed by atoms with Gasteiger partial charge >= 0.3 is 0 Å². The first-order valence-corrected chi connectivity index (χ1v) is 4.39. The molecule has 0 saturated carbocycles. The normalized spacial score (nSPS) is 11.4. The van der Waals surface area contributed by atoms with Crippen LogP contribution in [-0.2, 0) is 6.54 Å². The molecule has 1 aromatic heterocycles. The standard InChI is InChI=1S/C8H16N6/c1-8(2,3)14-7-12-5(4-9)11-6(10)13-7/h4,9H2,1-3H3,(H3,10,11,12,13,14). The first-order valence-electron chi connectivity index (χ1n) is 4.39. The van der Waals surface area contributed by atoms with Gasteiger partial charge in [-0.15, -0.1) is 0 Å². The van der Waals surface area contributed by atoms with Crippen LogP contribution >= 0.6 is 0 Å². The second kappa shape index (κ2) is 3.75. The van der Waals surface area contributed by atoms with E-state index in [0.29, 0.717) is 11.8 Å². The van der Waals surface area contributed by atoms with Crippen LogP contribution in [0.5, 0.6) is 0 Å². The number of aromatic nitrogens is 3. The topological polar surface area (TPSA) is 103 Å². The van der Waals surface area contributed by atoms with E-state index in [4.69, 9.17) is 11.5 Å². The highest BCUT2D eigenvalue weighted by molar-refractivity contribution is 5.33. The Bertz CT molecular complexity index is 316. The molecule has 0 saturated heterocycles. The van der Waals surface area contributed by atoms with E-state index in [2.05, 4.69) is 20.3 Å². The molecule has 6 heteroatoms. The SMILES string of the molecule is CC(C)(C)Nc1nc(N)nc(CN)n1. The number of nitrogens with one attached hydrogen (secondary N) is 1. The molecule has 0 aliphatic heterocycles. The summed E-state index contributed by atoms with van der Waals surface area (Å²) < 4.78 is 0. The summed E-state index contributed by atoms with van der Waals surface area (Å²) >= 11 is 0. The van der Waals surface area contributed by atoms with Crippen LogP contribution in [0.3, 0.4) is 0 Å². The predicted octanol–water partition coefficient (Wildman–Crippen LogP) is 0.123. The number of hydrogen-bond donors (Lipinski definition) is 3. The molecule has 5 N–H and O–H groups in total. The molecule has 0 atom stereocenters. The maximum atomic E-state index is 5.50. The summed E-state index contributed by atoms with van der Waals surface area (Å²) in [5.41, 5.74) is 10.8. The first-order chi connectivity index (χ1) is 6.40. The average molecular weight is 196 g/mol. The highest BCUT2D eigenvalue weighted by atomic mass is 15.2. The third-order valence-electron chi connectivity index (χ3n) is 1.37. The van der Waals surface area contributed by atoms with Crippen LogP contribution in [0.25, 0.3) is 0 Å². The van der Waals surface area contributed by atoms with Crippen molar-refractivity contribution in [3.8, 4) is 0 Å². The van der Waals surface area contributed by atoms with Crippen LogP contribution in [0.1, 0.15) is 26.6 Å². The molecule has 0 aliphatic rings. The van der Waals surface area contributed by atoms with Gasteiger partial charge in [0.25, 0.3) is 0 Å². The molecule has 0 amide bonds. The van der Waals surface area contributed by atoms with Gasteiger partial charge in [-0.25, -0.2) is 0 Å². The Morgan fingerprint density at radius 3 is 2.36 bits per heavy atom. The van der Waals surface area contributed by atoms with Crippen LogP contribution in [0.2, 0.25) is 0 Å². The van der Waals surface area contributed by atoms with E-state index in [0.717, 1.165) is 0 Å². The molecule has 78 valence electrons. The molecule has 0 fully saturated rings. The molecule has 1 heterocycles. The van der Waals surface area contributed by atoms with Crippen molar-refractivity contribution in [2.75, 3.05) is 11.1 Å². The Morgan fingerprint density at radius 1 is 1.21 bits per heavy atom. The number of rotatable bonds is 2. The number of hydrogen-bond acceptors (Lipinski definition) is 6. The summed E-state index contributed by atoms with van der Waals surface area (Å²) in [4.78, 5) is 11.9. The third kappa shape index (κ3) is 3.14. The van der Waals surface area contributed by atoms with Gasteiger partial charge in [0.15, 0.2) is 0 Å². The Morgan fingerprint density at radius 2 is 1.86 bits per heavy atom. The van der Waals surface area contributed by atoms with Crippen LogP contribution in [0, 0.1) is 0 Å².